The molecule has 0 saturated carbocycles. The summed E-state index contributed by atoms with van der Waals surface area (Å²) in [5, 5.41) is 9.67. The van der Waals surface area contributed by atoms with Gasteiger partial charge in [0, 0.05) is 5.56 Å². The number of hydrogen-bond donors (Lipinski definition) is 1. The monoisotopic (exact) mass is 396 g/mol. The third-order valence-corrected chi connectivity index (χ3v) is 5.32. The molecular weight excluding hydrogens is 380 g/mol. The summed E-state index contributed by atoms with van der Waals surface area (Å²) in [6.07, 6.45) is 0. The summed E-state index contributed by atoms with van der Waals surface area (Å²) >= 11 is 10.6. The van der Waals surface area contributed by atoms with E-state index in [1.54, 1.807) is 38.1 Å². The van der Waals surface area contributed by atoms with E-state index in [0.717, 1.165) is 5.56 Å². The Balaban J connectivity index is 2.12. The van der Waals surface area contributed by atoms with E-state index in [9.17, 15) is 14.7 Å². The molecule has 0 heterocycles. The highest BCUT2D eigenvalue weighted by molar-refractivity contribution is 7.90. The Morgan fingerprint density at radius 2 is 1.41 bits per heavy atom. The Labute approximate surface area is 167 Å². The lowest BCUT2D eigenvalue weighted by Crippen LogP contribution is -2.32. The molecule has 2 aromatic rings. The highest BCUT2D eigenvalue weighted by atomic mass is 32.1. The average Bonchev–Trinajstić information content (AvgIpc) is 2.64. The first-order valence-corrected chi connectivity index (χ1v) is 9.00. The number of thiocarbonyl (C=S) groups is 2. The number of fused-ring (bicyclic) bond motifs is 1. The van der Waals surface area contributed by atoms with Crippen LogP contribution in [-0.4, -0.2) is 26.8 Å². The van der Waals surface area contributed by atoms with Crippen LogP contribution < -0.4 is 0 Å². The largest absolute Gasteiger partial charge is 0.478 e. The summed E-state index contributed by atoms with van der Waals surface area (Å²) in [7, 11) is 0. The predicted molar refractivity (Wildman–Crippen MR) is 111 cm³/mol. The molecule has 0 saturated heterocycles. The molecule has 0 fully saturated rings. The van der Waals surface area contributed by atoms with Crippen molar-refractivity contribution in [2.75, 3.05) is 0 Å². The molecule has 136 valence electrons. The quantitative estimate of drug-likeness (QED) is 0.620. The Morgan fingerprint density at radius 3 is 2.00 bits per heavy atom. The van der Waals surface area contributed by atoms with Crippen LogP contribution in [0.25, 0.3) is 5.57 Å². The molecule has 0 unspecified atom stereocenters. The van der Waals surface area contributed by atoms with Crippen LogP contribution in [0.2, 0.25) is 0 Å². The fourth-order valence-corrected chi connectivity index (χ4v) is 3.56. The van der Waals surface area contributed by atoms with E-state index in [1.165, 1.54) is 0 Å². The first-order valence-electron chi connectivity index (χ1n) is 8.19. The second-order valence-electron chi connectivity index (χ2n) is 6.52. The molecule has 27 heavy (non-hydrogen) atoms. The van der Waals surface area contributed by atoms with Crippen molar-refractivity contribution in [3.8, 4) is 0 Å². The van der Waals surface area contributed by atoms with E-state index in [0.29, 0.717) is 11.1 Å². The standard InChI is InChI=1S/C21H16O4S2/c1-21(2,12-8-4-3-5-9-12)25-20(24)15-13-10-6-7-11-14(13)17(26)18(27)16(15)19(22)23/h3-11H,1-2H3,(H,22,23). The van der Waals surface area contributed by atoms with Gasteiger partial charge in [-0.3, -0.25) is 0 Å². The molecule has 0 spiro atoms. The van der Waals surface area contributed by atoms with Crippen molar-refractivity contribution in [3.63, 3.8) is 0 Å². The van der Waals surface area contributed by atoms with Crippen LogP contribution in [0.4, 0.5) is 0 Å². The summed E-state index contributed by atoms with van der Waals surface area (Å²) < 4.78 is 5.72. The highest BCUT2D eigenvalue weighted by Crippen LogP contribution is 2.34. The van der Waals surface area contributed by atoms with Crippen molar-refractivity contribution >= 4 is 51.7 Å². The van der Waals surface area contributed by atoms with Gasteiger partial charge < -0.3 is 9.84 Å². The van der Waals surface area contributed by atoms with E-state index in [2.05, 4.69) is 0 Å². The van der Waals surface area contributed by atoms with Crippen molar-refractivity contribution < 1.29 is 19.4 Å². The molecule has 1 aliphatic carbocycles. The molecule has 0 aliphatic heterocycles. The number of carboxylic acids is 1. The number of ether oxygens (including phenoxy) is 1. The fraction of sp³-hybridized carbons (Fsp3) is 0.143. The molecule has 1 N–H and O–H groups in total. The van der Waals surface area contributed by atoms with E-state index >= 15 is 0 Å². The van der Waals surface area contributed by atoms with E-state index in [1.807, 2.05) is 30.3 Å². The van der Waals surface area contributed by atoms with Crippen LogP contribution in [0.15, 0.2) is 60.2 Å². The lowest BCUT2D eigenvalue weighted by Gasteiger charge is -2.28. The first-order chi connectivity index (χ1) is 12.7. The van der Waals surface area contributed by atoms with Gasteiger partial charge in [0.05, 0.1) is 20.9 Å². The molecular formula is C21H16O4S2. The number of benzene rings is 2. The van der Waals surface area contributed by atoms with Crippen LogP contribution >= 0.6 is 24.4 Å². The topological polar surface area (TPSA) is 63.6 Å². The van der Waals surface area contributed by atoms with Gasteiger partial charge in [-0.2, -0.15) is 0 Å². The minimum atomic E-state index is -1.30. The lowest BCUT2D eigenvalue weighted by molar-refractivity contribution is -0.150. The second kappa shape index (κ2) is 7.13. The van der Waals surface area contributed by atoms with Gasteiger partial charge in [0.1, 0.15) is 5.60 Å². The maximum Gasteiger partial charge on any atom is 0.340 e. The summed E-state index contributed by atoms with van der Waals surface area (Å²) in [5.41, 5.74) is 0.458. The number of hydrogen-bond acceptors (Lipinski definition) is 5. The molecule has 0 radical (unpaired) electrons. The molecule has 0 aromatic heterocycles. The molecule has 0 atom stereocenters. The maximum atomic E-state index is 13.1. The average molecular weight is 396 g/mol. The first kappa shape index (κ1) is 19.1. The van der Waals surface area contributed by atoms with E-state index in [4.69, 9.17) is 29.2 Å². The van der Waals surface area contributed by atoms with Gasteiger partial charge in [-0.25, -0.2) is 9.59 Å². The predicted octanol–water partition coefficient (Wildman–Crippen LogP) is 4.10. The van der Waals surface area contributed by atoms with Crippen molar-refractivity contribution in [1.82, 2.24) is 0 Å². The van der Waals surface area contributed by atoms with Gasteiger partial charge in [-0.05, 0) is 25.0 Å². The third-order valence-electron chi connectivity index (χ3n) is 4.36. The number of aliphatic carboxylic acids is 1. The van der Waals surface area contributed by atoms with Gasteiger partial charge in [-0.1, -0.05) is 79.0 Å². The molecule has 0 bridgehead atoms. The fourth-order valence-electron chi connectivity index (χ4n) is 2.98. The number of esters is 1. The molecule has 6 heteroatoms. The SMILES string of the molecule is CC(C)(OC(=O)C1=C(C(=O)O)C(=S)C(=S)c2ccccc21)c1ccccc1. The van der Waals surface area contributed by atoms with Crippen molar-refractivity contribution in [2.24, 2.45) is 0 Å². The Hall–Kier alpha value is -2.70. The van der Waals surface area contributed by atoms with Crippen molar-refractivity contribution in [2.45, 2.75) is 19.4 Å². The number of rotatable bonds is 4. The van der Waals surface area contributed by atoms with Crippen LogP contribution in [-0.2, 0) is 19.9 Å². The van der Waals surface area contributed by atoms with Gasteiger partial charge in [0.15, 0.2) is 0 Å². The summed E-state index contributed by atoms with van der Waals surface area (Å²) in [4.78, 5) is 25.1. The molecule has 2 aromatic carbocycles. The van der Waals surface area contributed by atoms with E-state index < -0.39 is 17.5 Å². The summed E-state index contributed by atoms with van der Waals surface area (Å²) in [6, 6.07) is 16.1. The van der Waals surface area contributed by atoms with Crippen LogP contribution in [0, 0.1) is 0 Å². The Kier molecular flexibility index (Phi) is 5.04. The van der Waals surface area contributed by atoms with Crippen LogP contribution in [0.5, 0.6) is 0 Å². The normalized spacial score (nSPS) is 14.0. The van der Waals surface area contributed by atoms with Gasteiger partial charge in [0.2, 0.25) is 0 Å². The Morgan fingerprint density at radius 1 is 0.852 bits per heavy atom. The highest BCUT2D eigenvalue weighted by Gasteiger charge is 2.37. The van der Waals surface area contributed by atoms with Gasteiger partial charge in [-0.15, -0.1) is 0 Å². The molecule has 3 rings (SSSR count). The Bertz CT molecular complexity index is 1000. The minimum Gasteiger partial charge on any atom is -0.478 e. The van der Waals surface area contributed by atoms with Crippen LogP contribution in [0.3, 0.4) is 0 Å². The third kappa shape index (κ3) is 3.46. The smallest absolute Gasteiger partial charge is 0.340 e. The zero-order valence-electron chi connectivity index (χ0n) is 14.7. The van der Waals surface area contributed by atoms with Crippen molar-refractivity contribution in [1.29, 1.82) is 0 Å². The van der Waals surface area contributed by atoms with E-state index in [-0.39, 0.29) is 20.9 Å². The zero-order valence-corrected chi connectivity index (χ0v) is 16.3. The van der Waals surface area contributed by atoms with Gasteiger partial charge >= 0.3 is 11.9 Å². The molecule has 0 amide bonds. The number of carboxylic acid groups (broad SMARTS) is 1. The molecule has 1 aliphatic rings. The van der Waals surface area contributed by atoms with Gasteiger partial charge in [0.25, 0.3) is 0 Å². The zero-order chi connectivity index (χ0) is 19.8. The summed E-state index contributed by atoms with van der Waals surface area (Å²) in [6.45, 7) is 3.50. The lowest BCUT2D eigenvalue weighted by atomic mass is 9.85. The summed E-state index contributed by atoms with van der Waals surface area (Å²) in [5.74, 6) is -2.06. The second-order valence-corrected chi connectivity index (χ2v) is 7.34. The minimum absolute atomic E-state index is 0.0272. The van der Waals surface area contributed by atoms with Crippen molar-refractivity contribution in [3.05, 3.63) is 76.9 Å². The number of carbonyl (C=O) groups excluding carboxylic acids is 1. The maximum absolute atomic E-state index is 13.1. The number of carbonyl (C=O) groups is 2. The van der Waals surface area contributed by atoms with Crippen LogP contribution in [0.1, 0.15) is 30.5 Å². The molecule has 4 nitrogen and oxygen atoms in total.